The number of carboxylic acids is 1. The number of carbonyl (C=O) groups excluding carboxylic acids is 1. The smallest absolute Gasteiger partial charge is 0.306 e. The fourth-order valence-corrected chi connectivity index (χ4v) is 7.06. The monoisotopic (exact) mass is 569 g/mol. The van der Waals surface area contributed by atoms with Gasteiger partial charge in [0.2, 0.25) is 0 Å². The van der Waals surface area contributed by atoms with Crippen molar-refractivity contribution in [3.05, 3.63) is 69.7 Å². The van der Waals surface area contributed by atoms with Crippen LogP contribution in [0.3, 0.4) is 0 Å². The minimum Gasteiger partial charge on any atom is -0.481 e. The van der Waals surface area contributed by atoms with Gasteiger partial charge in [0, 0.05) is 16.1 Å². The van der Waals surface area contributed by atoms with Gasteiger partial charge in [0.15, 0.2) is 9.84 Å². The van der Waals surface area contributed by atoms with E-state index in [0.717, 1.165) is 0 Å². The molecule has 1 heterocycles. The minimum atomic E-state index is -3.70. The maximum absolute atomic E-state index is 13.9. The van der Waals surface area contributed by atoms with Gasteiger partial charge in [-0.3, -0.25) is 9.59 Å². The number of sulfone groups is 1. The first-order valence-electron chi connectivity index (χ1n) is 12.1. The van der Waals surface area contributed by atoms with E-state index in [4.69, 9.17) is 27.9 Å². The molecule has 5 atom stereocenters. The number of halogens is 2. The highest BCUT2D eigenvalue weighted by Gasteiger charge is 2.50. The number of nitrogens with zero attached hydrogens (tertiary/aromatic N) is 1. The molecule has 7 nitrogen and oxygen atoms in total. The Hall–Kier alpha value is -2.13. The maximum atomic E-state index is 13.9. The molecule has 0 bridgehead atoms. The molecule has 0 spiro atoms. The molecular weight excluding hydrogens is 537 g/mol. The van der Waals surface area contributed by atoms with Crippen LogP contribution < -0.4 is 0 Å². The highest BCUT2D eigenvalue weighted by molar-refractivity contribution is 7.93. The summed E-state index contributed by atoms with van der Waals surface area (Å²) in [5, 5.41) is 9.56. The minimum absolute atomic E-state index is 0.328. The van der Waals surface area contributed by atoms with E-state index in [1.165, 1.54) is 4.90 Å². The van der Waals surface area contributed by atoms with Gasteiger partial charge in [0.25, 0.3) is 5.91 Å². The zero-order valence-corrected chi connectivity index (χ0v) is 23.8. The number of carboxylic acid groups (broad SMARTS) is 1. The highest BCUT2D eigenvalue weighted by atomic mass is 35.5. The third-order valence-corrected chi connectivity index (χ3v) is 10.3. The number of amides is 1. The molecule has 3 rings (SSSR count). The molecule has 1 unspecified atom stereocenters. The van der Waals surface area contributed by atoms with Crippen LogP contribution >= 0.6 is 23.2 Å². The first kappa shape index (κ1) is 29.4. The summed E-state index contributed by atoms with van der Waals surface area (Å²) in [6.45, 7) is 8.32. The Labute approximate surface area is 228 Å². The summed E-state index contributed by atoms with van der Waals surface area (Å²) < 4.78 is 32.2. The lowest BCUT2D eigenvalue weighted by molar-refractivity contribution is -0.183. The number of ether oxygens (including phenoxy) is 1. The van der Waals surface area contributed by atoms with Crippen molar-refractivity contribution in [3.8, 4) is 0 Å². The highest BCUT2D eigenvalue weighted by Crippen LogP contribution is 2.45. The normalized spacial score (nSPS) is 22.5. The number of carbonyl (C=O) groups is 2. The largest absolute Gasteiger partial charge is 0.481 e. The fourth-order valence-electron chi connectivity index (χ4n) is 4.88. The van der Waals surface area contributed by atoms with Crippen LogP contribution in [-0.2, 0) is 24.2 Å². The third kappa shape index (κ3) is 6.14. The van der Waals surface area contributed by atoms with Crippen molar-refractivity contribution in [2.45, 2.75) is 81.7 Å². The summed E-state index contributed by atoms with van der Waals surface area (Å²) in [4.78, 5) is 27.1. The summed E-state index contributed by atoms with van der Waals surface area (Å²) >= 11 is 12.4. The van der Waals surface area contributed by atoms with Gasteiger partial charge in [-0.2, -0.15) is 0 Å². The van der Waals surface area contributed by atoms with Gasteiger partial charge < -0.3 is 14.7 Å². The molecule has 0 aromatic heterocycles. The van der Waals surface area contributed by atoms with Gasteiger partial charge in [-0.25, -0.2) is 8.42 Å². The summed E-state index contributed by atoms with van der Waals surface area (Å²) in [7, 11) is -3.70. The molecule has 2 aromatic carbocycles. The predicted octanol–water partition coefficient (Wildman–Crippen LogP) is 5.86. The van der Waals surface area contributed by atoms with Crippen LogP contribution in [0.5, 0.6) is 0 Å². The Morgan fingerprint density at radius 2 is 1.70 bits per heavy atom. The number of rotatable bonds is 8. The second-order valence-corrected chi connectivity index (χ2v) is 14.2. The van der Waals surface area contributed by atoms with Crippen molar-refractivity contribution in [1.29, 1.82) is 0 Å². The number of aliphatic carboxylic acids is 1. The Bertz CT molecular complexity index is 1240. The van der Waals surface area contributed by atoms with E-state index in [-0.39, 0.29) is 0 Å². The topological polar surface area (TPSA) is 101 Å². The van der Waals surface area contributed by atoms with Crippen LogP contribution in [0.15, 0.2) is 48.5 Å². The second-order valence-electron chi connectivity index (χ2n) is 10.3. The average molecular weight is 571 g/mol. The Balaban J connectivity index is 2.26. The van der Waals surface area contributed by atoms with Crippen LogP contribution in [0, 0.1) is 0 Å². The zero-order chi connectivity index (χ0) is 27.7. The summed E-state index contributed by atoms with van der Waals surface area (Å²) in [5.74, 6) is -1.76. The lowest BCUT2D eigenvalue weighted by Crippen LogP contribution is -2.59. The lowest BCUT2D eigenvalue weighted by Gasteiger charge is -2.49. The SMILES string of the molecule is CCC([C@H](C)S(=O)(=O)C(C)(C)C)N1C(=O)[C@@H](CC(=O)O)O[C@H](c2cccc(Cl)c2)[C@H]1c1ccc(Cl)cc1. The molecule has 2 aromatic rings. The maximum Gasteiger partial charge on any atom is 0.306 e. The van der Waals surface area contributed by atoms with Crippen molar-refractivity contribution in [2.24, 2.45) is 0 Å². The Morgan fingerprint density at radius 3 is 2.22 bits per heavy atom. The van der Waals surface area contributed by atoms with E-state index in [2.05, 4.69) is 0 Å². The van der Waals surface area contributed by atoms with E-state index < -0.39 is 62.4 Å². The molecule has 1 fully saturated rings. The fraction of sp³-hybridized carbons (Fsp3) is 0.481. The molecular formula is C27H33Cl2NO6S. The molecule has 0 saturated carbocycles. The van der Waals surface area contributed by atoms with Gasteiger partial charge in [-0.15, -0.1) is 0 Å². The van der Waals surface area contributed by atoms with Crippen LogP contribution in [0.1, 0.15) is 70.7 Å². The van der Waals surface area contributed by atoms with Crippen LogP contribution in [0.25, 0.3) is 0 Å². The number of hydrogen-bond acceptors (Lipinski definition) is 5. The second kappa shape index (κ2) is 11.3. The van der Waals surface area contributed by atoms with Gasteiger partial charge in [-0.1, -0.05) is 54.4 Å². The van der Waals surface area contributed by atoms with Crippen molar-refractivity contribution in [2.75, 3.05) is 0 Å². The molecule has 1 N–H and O–H groups in total. The number of hydrogen-bond donors (Lipinski definition) is 1. The first-order chi connectivity index (χ1) is 17.2. The average Bonchev–Trinajstić information content (AvgIpc) is 2.81. The van der Waals surface area contributed by atoms with E-state index in [0.29, 0.717) is 27.6 Å². The standard InChI is InChI=1S/C27H33Cl2NO6S/c1-6-21(16(2)37(34,35)27(3,4)5)30-24(17-10-12-19(28)13-11-17)25(18-8-7-9-20(29)14-18)36-22(26(30)33)15-23(31)32/h7-14,16,21-22,24-25H,6,15H2,1-5H3,(H,31,32)/t16-,21?,22+,24+,25+/m0/s1. The van der Waals surface area contributed by atoms with E-state index in [9.17, 15) is 23.1 Å². The van der Waals surface area contributed by atoms with Gasteiger partial charge in [0.05, 0.1) is 22.5 Å². The summed E-state index contributed by atoms with van der Waals surface area (Å²) in [6, 6.07) is 12.4. The van der Waals surface area contributed by atoms with Crippen molar-refractivity contribution >= 4 is 44.9 Å². The molecule has 1 amide bonds. The molecule has 0 radical (unpaired) electrons. The van der Waals surface area contributed by atoms with Crippen LogP contribution in [0.4, 0.5) is 0 Å². The third-order valence-electron chi connectivity index (χ3n) is 6.84. The number of morpholine rings is 1. The van der Waals surface area contributed by atoms with E-state index in [1.807, 2.05) is 6.92 Å². The number of benzene rings is 2. The molecule has 1 saturated heterocycles. The first-order valence-corrected chi connectivity index (χ1v) is 14.4. The molecule has 202 valence electrons. The van der Waals surface area contributed by atoms with Crippen molar-refractivity contribution in [1.82, 2.24) is 4.90 Å². The quantitative estimate of drug-likeness (QED) is 0.427. The van der Waals surface area contributed by atoms with Gasteiger partial charge >= 0.3 is 5.97 Å². The Kier molecular flexibility index (Phi) is 9.00. The zero-order valence-electron chi connectivity index (χ0n) is 21.5. The van der Waals surface area contributed by atoms with Crippen molar-refractivity contribution in [3.63, 3.8) is 0 Å². The molecule has 10 heteroatoms. The molecule has 1 aliphatic heterocycles. The van der Waals surface area contributed by atoms with Gasteiger partial charge in [-0.05, 0) is 69.5 Å². The van der Waals surface area contributed by atoms with E-state index in [1.54, 1.807) is 76.2 Å². The van der Waals surface area contributed by atoms with Crippen LogP contribution in [0.2, 0.25) is 10.0 Å². The summed E-state index contributed by atoms with van der Waals surface area (Å²) in [5.41, 5.74) is 1.32. The molecule has 1 aliphatic rings. The molecule has 37 heavy (non-hydrogen) atoms. The Morgan fingerprint density at radius 1 is 1.08 bits per heavy atom. The molecule has 0 aliphatic carbocycles. The lowest BCUT2D eigenvalue weighted by atomic mass is 9.89. The van der Waals surface area contributed by atoms with E-state index >= 15 is 0 Å². The van der Waals surface area contributed by atoms with Gasteiger partial charge in [0.1, 0.15) is 12.2 Å². The summed E-state index contributed by atoms with van der Waals surface area (Å²) in [6.07, 6.45) is -2.34. The van der Waals surface area contributed by atoms with Crippen molar-refractivity contribution < 1.29 is 27.9 Å². The predicted molar refractivity (Wildman–Crippen MR) is 145 cm³/mol. The van der Waals surface area contributed by atoms with Crippen LogP contribution in [-0.4, -0.2) is 52.4 Å².